The van der Waals surface area contributed by atoms with E-state index >= 15 is 0 Å². The van der Waals surface area contributed by atoms with E-state index in [1.165, 1.54) is 11.0 Å². The quantitative estimate of drug-likeness (QED) is 0.850. The number of thiophene rings is 1. The van der Waals surface area contributed by atoms with Gasteiger partial charge in [0.25, 0.3) is 0 Å². The minimum absolute atomic E-state index is 0.0997. The monoisotopic (exact) mass is 323 g/mol. The summed E-state index contributed by atoms with van der Waals surface area (Å²) in [6.45, 7) is 0. The molecule has 4 nitrogen and oxygen atoms in total. The first-order chi connectivity index (χ1) is 9.89. The Bertz CT molecular complexity index is 721. The normalized spacial score (nSPS) is 11.3. The molecule has 0 radical (unpaired) electrons. The number of amides is 1. The summed E-state index contributed by atoms with van der Waals surface area (Å²) in [5, 5.41) is 3.99. The fourth-order valence-corrected chi connectivity index (χ4v) is 3.65. The van der Waals surface area contributed by atoms with Gasteiger partial charge in [-0.3, -0.25) is 4.79 Å². The number of anilines is 1. The third-order valence-corrected chi connectivity index (χ3v) is 5.08. The summed E-state index contributed by atoms with van der Waals surface area (Å²) in [5.41, 5.74) is 1.55. The van der Waals surface area contributed by atoms with E-state index in [9.17, 15) is 13.2 Å². The zero-order valence-corrected chi connectivity index (χ0v) is 13.6. The van der Waals surface area contributed by atoms with Gasteiger partial charge in [-0.05, 0) is 40.9 Å². The van der Waals surface area contributed by atoms with Crippen molar-refractivity contribution in [1.82, 2.24) is 0 Å². The third kappa shape index (κ3) is 3.92. The Hall–Kier alpha value is -1.66. The van der Waals surface area contributed by atoms with Gasteiger partial charge in [0.15, 0.2) is 9.84 Å². The van der Waals surface area contributed by atoms with Crippen molar-refractivity contribution in [3.63, 3.8) is 0 Å². The molecule has 112 valence electrons. The molecule has 1 heterocycles. The van der Waals surface area contributed by atoms with Crippen LogP contribution in [0, 0.1) is 0 Å². The number of nitrogens with zero attached hydrogens (tertiary/aromatic N) is 1. The van der Waals surface area contributed by atoms with E-state index in [-0.39, 0.29) is 10.8 Å². The van der Waals surface area contributed by atoms with E-state index in [0.717, 1.165) is 11.8 Å². The van der Waals surface area contributed by atoms with Crippen molar-refractivity contribution in [2.24, 2.45) is 0 Å². The van der Waals surface area contributed by atoms with Crippen LogP contribution in [-0.4, -0.2) is 27.6 Å². The number of carbonyl (C=O) groups is 1. The maximum atomic E-state index is 12.3. The van der Waals surface area contributed by atoms with Crippen LogP contribution in [-0.2, 0) is 21.1 Å². The van der Waals surface area contributed by atoms with Gasteiger partial charge >= 0.3 is 0 Å². The van der Waals surface area contributed by atoms with E-state index in [1.54, 1.807) is 36.6 Å². The molecule has 6 heteroatoms. The van der Waals surface area contributed by atoms with Crippen molar-refractivity contribution >= 4 is 32.8 Å². The standard InChI is InChI=1S/C15H17NO3S2/c1-16(15(17)8-7-12-9-10-20-11-12)13-5-3-4-6-14(13)21(2,18)19/h3-6,9-11H,7-8H2,1-2H3. The Morgan fingerprint density at radius 2 is 1.95 bits per heavy atom. The van der Waals surface area contributed by atoms with Crippen molar-refractivity contribution in [3.05, 3.63) is 46.7 Å². The molecule has 0 saturated carbocycles. The average molecular weight is 323 g/mol. The Morgan fingerprint density at radius 3 is 2.57 bits per heavy atom. The van der Waals surface area contributed by atoms with Gasteiger partial charge in [-0.1, -0.05) is 12.1 Å². The molecule has 0 saturated heterocycles. The van der Waals surface area contributed by atoms with Gasteiger partial charge in [0.1, 0.15) is 0 Å². The Morgan fingerprint density at radius 1 is 1.24 bits per heavy atom. The largest absolute Gasteiger partial charge is 0.314 e. The molecule has 0 aliphatic heterocycles. The molecule has 0 spiro atoms. The summed E-state index contributed by atoms with van der Waals surface area (Å²) in [6.07, 6.45) is 2.16. The molecule has 2 aromatic rings. The lowest BCUT2D eigenvalue weighted by molar-refractivity contribution is -0.118. The highest BCUT2D eigenvalue weighted by atomic mass is 32.2. The molecule has 1 amide bonds. The van der Waals surface area contributed by atoms with Crippen LogP contribution >= 0.6 is 11.3 Å². The highest BCUT2D eigenvalue weighted by Gasteiger charge is 2.19. The molecule has 0 aliphatic carbocycles. The maximum absolute atomic E-state index is 12.3. The molecular formula is C15H17NO3S2. The van der Waals surface area contributed by atoms with Gasteiger partial charge in [0, 0.05) is 19.7 Å². The van der Waals surface area contributed by atoms with Crippen molar-refractivity contribution in [1.29, 1.82) is 0 Å². The molecule has 2 rings (SSSR count). The number of hydrogen-bond donors (Lipinski definition) is 0. The first-order valence-corrected chi connectivity index (χ1v) is 9.30. The van der Waals surface area contributed by atoms with Crippen LogP contribution in [0.2, 0.25) is 0 Å². The van der Waals surface area contributed by atoms with Gasteiger partial charge in [-0.2, -0.15) is 11.3 Å². The van der Waals surface area contributed by atoms with Crippen LogP contribution in [0.5, 0.6) is 0 Å². The zero-order valence-electron chi connectivity index (χ0n) is 11.9. The van der Waals surface area contributed by atoms with Gasteiger partial charge in [-0.15, -0.1) is 0 Å². The SMILES string of the molecule is CN(C(=O)CCc1ccsc1)c1ccccc1S(C)(=O)=O. The Kier molecular flexibility index (Phi) is 4.80. The minimum atomic E-state index is -3.36. The van der Waals surface area contributed by atoms with Crippen LogP contribution in [0.3, 0.4) is 0 Å². The van der Waals surface area contributed by atoms with Crippen molar-refractivity contribution < 1.29 is 13.2 Å². The minimum Gasteiger partial charge on any atom is -0.314 e. The summed E-state index contributed by atoms with van der Waals surface area (Å²) in [4.78, 5) is 13.8. The van der Waals surface area contributed by atoms with Crippen LogP contribution in [0.25, 0.3) is 0 Å². The van der Waals surface area contributed by atoms with E-state index in [4.69, 9.17) is 0 Å². The number of aryl methyl sites for hydroxylation is 1. The smallest absolute Gasteiger partial charge is 0.227 e. The Labute approximate surface area is 129 Å². The summed E-state index contributed by atoms with van der Waals surface area (Å²) >= 11 is 1.60. The van der Waals surface area contributed by atoms with Crippen LogP contribution < -0.4 is 4.90 Å². The average Bonchev–Trinajstić information content (AvgIpc) is 2.96. The third-order valence-electron chi connectivity index (χ3n) is 3.21. The summed E-state index contributed by atoms with van der Waals surface area (Å²) in [7, 11) is -1.75. The fourth-order valence-electron chi connectivity index (χ4n) is 2.04. The second-order valence-electron chi connectivity index (χ2n) is 4.82. The molecule has 0 N–H and O–H groups in total. The topological polar surface area (TPSA) is 54.5 Å². The van der Waals surface area contributed by atoms with E-state index in [1.807, 2.05) is 16.8 Å². The highest BCUT2D eigenvalue weighted by Crippen LogP contribution is 2.24. The van der Waals surface area contributed by atoms with Gasteiger partial charge in [0.2, 0.25) is 5.91 Å². The van der Waals surface area contributed by atoms with Gasteiger partial charge in [-0.25, -0.2) is 8.42 Å². The van der Waals surface area contributed by atoms with Gasteiger partial charge < -0.3 is 4.90 Å². The second-order valence-corrected chi connectivity index (χ2v) is 7.59. The number of hydrogen-bond acceptors (Lipinski definition) is 4. The predicted molar refractivity (Wildman–Crippen MR) is 85.6 cm³/mol. The van der Waals surface area contributed by atoms with Crippen molar-refractivity contribution in [2.75, 3.05) is 18.2 Å². The van der Waals surface area contributed by atoms with Crippen molar-refractivity contribution in [2.45, 2.75) is 17.7 Å². The van der Waals surface area contributed by atoms with E-state index in [0.29, 0.717) is 18.5 Å². The predicted octanol–water partition coefficient (Wildman–Crippen LogP) is 2.75. The molecule has 1 aromatic carbocycles. The van der Waals surface area contributed by atoms with E-state index < -0.39 is 9.84 Å². The van der Waals surface area contributed by atoms with Crippen LogP contribution in [0.1, 0.15) is 12.0 Å². The number of carbonyl (C=O) groups excluding carboxylic acids is 1. The summed E-state index contributed by atoms with van der Waals surface area (Å²) in [6, 6.07) is 8.55. The first kappa shape index (κ1) is 15.7. The lowest BCUT2D eigenvalue weighted by Gasteiger charge is -2.20. The van der Waals surface area contributed by atoms with Crippen molar-refractivity contribution in [3.8, 4) is 0 Å². The maximum Gasteiger partial charge on any atom is 0.227 e. The molecule has 0 atom stereocenters. The lowest BCUT2D eigenvalue weighted by Crippen LogP contribution is -2.27. The number of rotatable bonds is 5. The molecule has 0 aliphatic rings. The Balaban J connectivity index is 2.16. The first-order valence-electron chi connectivity index (χ1n) is 6.46. The van der Waals surface area contributed by atoms with E-state index in [2.05, 4.69) is 0 Å². The molecule has 0 fully saturated rings. The lowest BCUT2D eigenvalue weighted by atomic mass is 10.2. The van der Waals surface area contributed by atoms with Crippen LogP contribution in [0.4, 0.5) is 5.69 Å². The van der Waals surface area contributed by atoms with Crippen LogP contribution in [0.15, 0.2) is 46.0 Å². The molecular weight excluding hydrogens is 306 g/mol. The molecule has 0 unspecified atom stereocenters. The highest BCUT2D eigenvalue weighted by molar-refractivity contribution is 7.90. The molecule has 21 heavy (non-hydrogen) atoms. The molecule has 1 aromatic heterocycles. The number of sulfone groups is 1. The van der Waals surface area contributed by atoms with Gasteiger partial charge in [0.05, 0.1) is 10.6 Å². The fraction of sp³-hybridized carbons (Fsp3) is 0.267. The number of para-hydroxylation sites is 1. The second kappa shape index (κ2) is 6.41. The molecule has 0 bridgehead atoms. The number of benzene rings is 1. The summed E-state index contributed by atoms with van der Waals surface area (Å²) < 4.78 is 23.6. The summed E-state index contributed by atoms with van der Waals surface area (Å²) in [5.74, 6) is -0.0997. The zero-order chi connectivity index (χ0) is 15.5.